The van der Waals surface area contributed by atoms with E-state index in [2.05, 4.69) is 41.5 Å². The molecule has 4 nitrogen and oxygen atoms in total. The van der Waals surface area contributed by atoms with Crippen LogP contribution < -0.4 is 10.6 Å². The maximum atomic E-state index is 3.60. The van der Waals surface area contributed by atoms with Crippen molar-refractivity contribution in [3.8, 4) is 0 Å². The van der Waals surface area contributed by atoms with Gasteiger partial charge in [0.25, 0.3) is 0 Å². The highest BCUT2D eigenvalue weighted by Crippen LogP contribution is 2.23. The summed E-state index contributed by atoms with van der Waals surface area (Å²) < 4.78 is 0. The van der Waals surface area contributed by atoms with E-state index in [9.17, 15) is 0 Å². The Bertz CT molecular complexity index is 245. The maximum absolute atomic E-state index is 3.60. The Labute approximate surface area is 118 Å². The van der Waals surface area contributed by atoms with Crippen LogP contribution in [0.3, 0.4) is 0 Å². The lowest BCUT2D eigenvalue weighted by Crippen LogP contribution is -2.50. The first-order valence-corrected chi connectivity index (χ1v) is 8.01. The average molecular weight is 268 g/mol. The fraction of sp³-hybridized carbons (Fsp3) is 1.00. The van der Waals surface area contributed by atoms with Crippen molar-refractivity contribution in [1.82, 2.24) is 20.4 Å². The lowest BCUT2D eigenvalue weighted by molar-refractivity contribution is 0.134. The molecule has 0 amide bonds. The van der Waals surface area contributed by atoms with E-state index in [0.29, 0.717) is 12.1 Å². The van der Waals surface area contributed by atoms with Crippen molar-refractivity contribution in [3.63, 3.8) is 0 Å². The average Bonchev–Trinajstić information content (AvgIpc) is 2.46. The summed E-state index contributed by atoms with van der Waals surface area (Å²) in [5.74, 6) is 0.867. The van der Waals surface area contributed by atoms with Gasteiger partial charge in [0.15, 0.2) is 0 Å². The van der Waals surface area contributed by atoms with Gasteiger partial charge in [-0.2, -0.15) is 0 Å². The first-order chi connectivity index (χ1) is 9.20. The van der Waals surface area contributed by atoms with Crippen molar-refractivity contribution in [2.24, 2.45) is 5.92 Å². The molecule has 19 heavy (non-hydrogen) atoms. The lowest BCUT2D eigenvalue weighted by atomic mass is 9.86. The van der Waals surface area contributed by atoms with Gasteiger partial charge >= 0.3 is 0 Å². The second-order valence-corrected chi connectivity index (χ2v) is 6.41. The van der Waals surface area contributed by atoms with Crippen LogP contribution in [0.25, 0.3) is 0 Å². The molecule has 0 bridgehead atoms. The summed E-state index contributed by atoms with van der Waals surface area (Å²) in [5, 5.41) is 7.04. The summed E-state index contributed by atoms with van der Waals surface area (Å²) in [5.41, 5.74) is 0. The monoisotopic (exact) mass is 268 g/mol. The quantitative estimate of drug-likeness (QED) is 0.764. The molecule has 2 N–H and O–H groups in total. The predicted molar refractivity (Wildman–Crippen MR) is 81.6 cm³/mol. The van der Waals surface area contributed by atoms with Gasteiger partial charge in [0, 0.05) is 38.3 Å². The molecule has 2 fully saturated rings. The maximum Gasteiger partial charge on any atom is 0.0110 e. The topological polar surface area (TPSA) is 30.5 Å². The standard InChI is InChI=1S/C15H32N4/c1-13(19-10-6-17-7-11-19)12-15(16-2)14-4-8-18(3)9-5-14/h13-17H,4-12H2,1-3H3. The highest BCUT2D eigenvalue weighted by atomic mass is 15.2. The minimum atomic E-state index is 0.693. The number of nitrogens with zero attached hydrogens (tertiary/aromatic N) is 2. The number of piperazine rings is 1. The van der Waals surface area contributed by atoms with Crippen LogP contribution in [-0.4, -0.2) is 75.2 Å². The first kappa shape index (κ1) is 15.2. The van der Waals surface area contributed by atoms with Gasteiger partial charge < -0.3 is 15.5 Å². The molecule has 2 rings (SSSR count). The molecule has 2 aliphatic heterocycles. The Hall–Kier alpha value is -0.160. The number of hydrogen-bond donors (Lipinski definition) is 2. The van der Waals surface area contributed by atoms with Crippen LogP contribution in [0.2, 0.25) is 0 Å². The van der Waals surface area contributed by atoms with Gasteiger partial charge in [-0.1, -0.05) is 0 Å². The molecular weight excluding hydrogens is 236 g/mol. The van der Waals surface area contributed by atoms with Gasteiger partial charge in [-0.05, 0) is 59.3 Å². The van der Waals surface area contributed by atoms with E-state index in [1.165, 1.54) is 45.4 Å². The van der Waals surface area contributed by atoms with E-state index < -0.39 is 0 Å². The molecule has 0 saturated carbocycles. The molecule has 0 spiro atoms. The number of piperidine rings is 1. The van der Waals surface area contributed by atoms with E-state index in [1.807, 2.05) is 0 Å². The van der Waals surface area contributed by atoms with Crippen molar-refractivity contribution in [3.05, 3.63) is 0 Å². The summed E-state index contributed by atoms with van der Waals surface area (Å²) in [6, 6.07) is 1.40. The van der Waals surface area contributed by atoms with Crippen LogP contribution in [0.15, 0.2) is 0 Å². The molecule has 0 aliphatic carbocycles. The molecule has 2 saturated heterocycles. The third-order valence-electron chi connectivity index (χ3n) is 5.07. The Kier molecular flexibility index (Phi) is 6.07. The lowest BCUT2D eigenvalue weighted by Gasteiger charge is -2.39. The predicted octanol–water partition coefficient (Wildman–Crippen LogP) is 0.600. The third kappa shape index (κ3) is 4.42. The Morgan fingerprint density at radius 1 is 1.16 bits per heavy atom. The third-order valence-corrected chi connectivity index (χ3v) is 5.07. The first-order valence-electron chi connectivity index (χ1n) is 8.01. The molecule has 0 aromatic heterocycles. The number of likely N-dealkylation sites (tertiary alicyclic amines) is 1. The molecule has 4 heteroatoms. The van der Waals surface area contributed by atoms with Gasteiger partial charge in [0.05, 0.1) is 0 Å². The van der Waals surface area contributed by atoms with Crippen LogP contribution in [0.4, 0.5) is 0 Å². The second-order valence-electron chi connectivity index (χ2n) is 6.41. The van der Waals surface area contributed by atoms with E-state index in [0.717, 1.165) is 19.0 Å². The summed E-state index contributed by atoms with van der Waals surface area (Å²) in [6.45, 7) is 9.68. The van der Waals surface area contributed by atoms with Crippen molar-refractivity contribution < 1.29 is 0 Å². The fourth-order valence-electron chi connectivity index (χ4n) is 3.62. The molecule has 0 aromatic carbocycles. The molecule has 112 valence electrons. The van der Waals surface area contributed by atoms with E-state index in [-0.39, 0.29) is 0 Å². The molecule has 2 heterocycles. The van der Waals surface area contributed by atoms with Gasteiger partial charge in [-0.25, -0.2) is 0 Å². The Morgan fingerprint density at radius 3 is 2.37 bits per heavy atom. The van der Waals surface area contributed by atoms with Crippen LogP contribution in [0.1, 0.15) is 26.2 Å². The van der Waals surface area contributed by atoms with Gasteiger partial charge in [0.2, 0.25) is 0 Å². The molecular formula is C15H32N4. The normalized spacial score (nSPS) is 27.3. The van der Waals surface area contributed by atoms with Gasteiger partial charge in [-0.15, -0.1) is 0 Å². The van der Waals surface area contributed by atoms with Crippen molar-refractivity contribution >= 4 is 0 Å². The SMILES string of the molecule is CNC(CC(C)N1CCNCC1)C1CCN(C)CC1. The molecule has 2 unspecified atom stereocenters. The minimum Gasteiger partial charge on any atom is -0.317 e. The zero-order chi connectivity index (χ0) is 13.7. The molecule has 2 atom stereocenters. The van der Waals surface area contributed by atoms with E-state index >= 15 is 0 Å². The Morgan fingerprint density at radius 2 is 1.79 bits per heavy atom. The van der Waals surface area contributed by atoms with Crippen molar-refractivity contribution in [1.29, 1.82) is 0 Å². The number of nitrogens with one attached hydrogen (secondary N) is 2. The van der Waals surface area contributed by atoms with Crippen LogP contribution in [0, 0.1) is 5.92 Å². The zero-order valence-corrected chi connectivity index (χ0v) is 13.0. The summed E-state index contributed by atoms with van der Waals surface area (Å²) in [4.78, 5) is 5.11. The smallest absolute Gasteiger partial charge is 0.0110 e. The summed E-state index contributed by atoms with van der Waals surface area (Å²) in [7, 11) is 4.39. The molecule has 2 aliphatic rings. The Balaban J connectivity index is 1.80. The highest BCUT2D eigenvalue weighted by Gasteiger charge is 2.27. The van der Waals surface area contributed by atoms with E-state index in [4.69, 9.17) is 0 Å². The van der Waals surface area contributed by atoms with Crippen LogP contribution in [-0.2, 0) is 0 Å². The summed E-state index contributed by atoms with van der Waals surface area (Å²) >= 11 is 0. The highest BCUT2D eigenvalue weighted by molar-refractivity contribution is 4.85. The van der Waals surface area contributed by atoms with E-state index in [1.54, 1.807) is 0 Å². The van der Waals surface area contributed by atoms with Crippen LogP contribution >= 0.6 is 0 Å². The molecule has 0 radical (unpaired) electrons. The minimum absolute atomic E-state index is 0.693. The van der Waals surface area contributed by atoms with Crippen LogP contribution in [0.5, 0.6) is 0 Å². The largest absolute Gasteiger partial charge is 0.317 e. The van der Waals surface area contributed by atoms with Crippen molar-refractivity contribution in [2.45, 2.75) is 38.3 Å². The fourth-order valence-corrected chi connectivity index (χ4v) is 3.62. The number of hydrogen-bond acceptors (Lipinski definition) is 4. The number of rotatable bonds is 5. The molecule has 0 aromatic rings. The zero-order valence-electron chi connectivity index (χ0n) is 13.0. The summed E-state index contributed by atoms with van der Waals surface area (Å²) in [6.07, 6.45) is 4.01. The second kappa shape index (κ2) is 7.58. The van der Waals surface area contributed by atoms with Gasteiger partial charge in [0.1, 0.15) is 0 Å². The van der Waals surface area contributed by atoms with Crippen molar-refractivity contribution in [2.75, 3.05) is 53.4 Å². The van der Waals surface area contributed by atoms with Gasteiger partial charge in [-0.3, -0.25) is 4.90 Å².